The quantitative estimate of drug-likeness (QED) is 0.502. The van der Waals surface area contributed by atoms with Crippen LogP contribution in [0.4, 0.5) is 5.69 Å². The van der Waals surface area contributed by atoms with Gasteiger partial charge in [0.05, 0.1) is 27.7 Å². The summed E-state index contributed by atoms with van der Waals surface area (Å²) in [6.07, 6.45) is 11.2. The third kappa shape index (κ3) is 4.49. The predicted octanol–water partition coefficient (Wildman–Crippen LogP) is 4.95. The van der Waals surface area contributed by atoms with Crippen molar-refractivity contribution in [3.63, 3.8) is 0 Å². The van der Waals surface area contributed by atoms with Gasteiger partial charge in [0.1, 0.15) is 17.2 Å². The lowest BCUT2D eigenvalue weighted by molar-refractivity contribution is 0.401. The first kappa shape index (κ1) is 20.4. The van der Waals surface area contributed by atoms with Crippen molar-refractivity contribution in [1.82, 2.24) is 15.0 Å². The number of ether oxygens (including phenoxy) is 2. The lowest BCUT2D eigenvalue weighted by atomic mass is 10.2. The third-order valence-electron chi connectivity index (χ3n) is 4.30. The minimum atomic E-state index is 0.0824. The number of aromatic amines is 1. The number of benzene rings is 1. The number of nitrogen functional groups attached to an aromatic ring is 1. The van der Waals surface area contributed by atoms with Crippen LogP contribution >= 0.6 is 15.9 Å². The smallest absolute Gasteiger partial charge is 0.327 e. The van der Waals surface area contributed by atoms with E-state index in [0.717, 1.165) is 16.6 Å². The van der Waals surface area contributed by atoms with E-state index in [9.17, 15) is 5.26 Å². The normalized spacial score (nSPS) is 12.9. The number of anilines is 1. The van der Waals surface area contributed by atoms with Crippen LogP contribution in [0.15, 0.2) is 63.9 Å². The standard InChI is InChI=1S/C22H17BrN6O2/c1-2-17-19(23)18-20(27-17)28-22(31-15-6-4-3-5-7-26-12-15)29-21(18)30-16-9-13(11-24)8-14(25)10-16/h3-10,12H,2,25H2,1H3,(H,27,28,29). The van der Waals surface area contributed by atoms with Gasteiger partial charge in [0.25, 0.3) is 0 Å². The summed E-state index contributed by atoms with van der Waals surface area (Å²) in [5.74, 6) is 1.10. The van der Waals surface area contributed by atoms with Crippen LogP contribution in [-0.4, -0.2) is 21.2 Å². The largest absolute Gasteiger partial charge is 0.438 e. The molecule has 0 saturated heterocycles. The predicted molar refractivity (Wildman–Crippen MR) is 122 cm³/mol. The van der Waals surface area contributed by atoms with E-state index >= 15 is 0 Å². The number of aryl methyl sites for hydroxylation is 1. The highest BCUT2D eigenvalue weighted by atomic mass is 79.9. The fraction of sp³-hybridized carbons (Fsp3) is 0.0909. The first-order valence-electron chi connectivity index (χ1n) is 9.38. The summed E-state index contributed by atoms with van der Waals surface area (Å²) in [5.41, 5.74) is 8.18. The van der Waals surface area contributed by atoms with Crippen LogP contribution in [0, 0.1) is 11.3 Å². The molecular weight excluding hydrogens is 460 g/mol. The Kier molecular flexibility index (Phi) is 5.82. The number of rotatable bonds is 5. The van der Waals surface area contributed by atoms with Gasteiger partial charge in [0.15, 0.2) is 0 Å². The average molecular weight is 477 g/mol. The molecule has 3 aromatic rings. The zero-order chi connectivity index (χ0) is 21.8. The molecule has 31 heavy (non-hydrogen) atoms. The van der Waals surface area contributed by atoms with Crippen molar-refractivity contribution in [2.45, 2.75) is 13.3 Å². The van der Waals surface area contributed by atoms with Crippen molar-refractivity contribution in [2.75, 3.05) is 5.73 Å². The molecule has 0 amide bonds. The fourth-order valence-corrected chi connectivity index (χ4v) is 3.65. The van der Waals surface area contributed by atoms with E-state index in [1.807, 2.05) is 25.2 Å². The number of aromatic nitrogens is 3. The first-order valence-corrected chi connectivity index (χ1v) is 10.2. The molecule has 0 spiro atoms. The van der Waals surface area contributed by atoms with E-state index < -0.39 is 0 Å². The van der Waals surface area contributed by atoms with E-state index in [0.29, 0.717) is 33.8 Å². The average Bonchev–Trinajstić information content (AvgIpc) is 3.05. The maximum absolute atomic E-state index is 9.22. The molecule has 0 aliphatic carbocycles. The Balaban J connectivity index is 1.79. The number of allylic oxidation sites excluding steroid dienone is 5. The number of H-pyrrole nitrogens is 1. The maximum Gasteiger partial charge on any atom is 0.327 e. The molecule has 2 aromatic heterocycles. The zero-order valence-electron chi connectivity index (χ0n) is 16.5. The molecule has 4 rings (SSSR count). The molecule has 1 aliphatic heterocycles. The summed E-state index contributed by atoms with van der Waals surface area (Å²) < 4.78 is 12.7. The Bertz CT molecular complexity index is 1310. The van der Waals surface area contributed by atoms with E-state index in [-0.39, 0.29) is 11.9 Å². The van der Waals surface area contributed by atoms with Crippen LogP contribution in [0.5, 0.6) is 17.6 Å². The second-order valence-electron chi connectivity index (χ2n) is 6.49. The van der Waals surface area contributed by atoms with E-state index in [1.54, 1.807) is 36.7 Å². The van der Waals surface area contributed by atoms with Crippen LogP contribution in [0.25, 0.3) is 11.0 Å². The molecule has 0 atom stereocenters. The molecule has 3 heterocycles. The van der Waals surface area contributed by atoms with Crippen LogP contribution in [0.1, 0.15) is 18.2 Å². The number of nitrogens with two attached hydrogens (primary N) is 1. The summed E-state index contributed by atoms with van der Waals surface area (Å²) in [4.78, 5) is 16.3. The highest BCUT2D eigenvalue weighted by Crippen LogP contribution is 2.37. The number of aliphatic imine (C=N–C) groups is 1. The van der Waals surface area contributed by atoms with Crippen LogP contribution < -0.4 is 15.2 Å². The van der Waals surface area contributed by atoms with Gasteiger partial charge in [0, 0.05) is 23.6 Å². The Hall–Kier alpha value is -3.90. The Labute approximate surface area is 186 Å². The van der Waals surface area contributed by atoms with Gasteiger partial charge in [-0.25, -0.2) is 0 Å². The van der Waals surface area contributed by atoms with Gasteiger partial charge in [-0.2, -0.15) is 15.2 Å². The highest BCUT2D eigenvalue weighted by Gasteiger charge is 2.19. The van der Waals surface area contributed by atoms with Crippen LogP contribution in [0.2, 0.25) is 0 Å². The molecule has 154 valence electrons. The van der Waals surface area contributed by atoms with Crippen molar-refractivity contribution < 1.29 is 9.47 Å². The molecule has 9 heteroatoms. The van der Waals surface area contributed by atoms with Gasteiger partial charge in [-0.1, -0.05) is 19.1 Å². The number of hydrogen-bond donors (Lipinski definition) is 2. The molecular formula is C22H17BrN6O2. The molecule has 0 unspecified atom stereocenters. The van der Waals surface area contributed by atoms with E-state index in [4.69, 9.17) is 15.2 Å². The number of nitrogens with zero attached hydrogens (tertiary/aromatic N) is 4. The van der Waals surface area contributed by atoms with Crippen LogP contribution in [0.3, 0.4) is 0 Å². The second kappa shape index (κ2) is 8.85. The van der Waals surface area contributed by atoms with Crippen molar-refractivity contribution in [1.29, 1.82) is 5.26 Å². The Morgan fingerprint density at radius 1 is 1.16 bits per heavy atom. The first-order chi connectivity index (χ1) is 15.1. The van der Waals surface area contributed by atoms with Gasteiger partial charge < -0.3 is 20.2 Å². The number of nitrogens with one attached hydrogen (secondary N) is 1. The minimum Gasteiger partial charge on any atom is -0.438 e. The molecule has 1 aromatic carbocycles. The summed E-state index contributed by atoms with van der Waals surface area (Å²) in [6, 6.07) is 6.93. The second-order valence-corrected chi connectivity index (χ2v) is 7.28. The Morgan fingerprint density at radius 3 is 2.84 bits per heavy atom. The number of hydrogen-bond acceptors (Lipinski definition) is 7. The Morgan fingerprint density at radius 2 is 2.03 bits per heavy atom. The third-order valence-corrected chi connectivity index (χ3v) is 5.18. The van der Waals surface area contributed by atoms with Crippen molar-refractivity contribution in [3.05, 3.63) is 70.2 Å². The monoisotopic (exact) mass is 476 g/mol. The number of nitriles is 1. The molecule has 0 bridgehead atoms. The summed E-state index contributed by atoms with van der Waals surface area (Å²) >= 11 is 3.60. The van der Waals surface area contributed by atoms with Crippen LogP contribution in [-0.2, 0) is 6.42 Å². The number of halogens is 1. The van der Waals surface area contributed by atoms with Crippen molar-refractivity contribution >= 4 is 38.9 Å². The minimum absolute atomic E-state index is 0.0824. The molecule has 3 N–H and O–H groups in total. The summed E-state index contributed by atoms with van der Waals surface area (Å²) in [7, 11) is 0. The topological polar surface area (TPSA) is 122 Å². The molecule has 0 saturated carbocycles. The van der Waals surface area contributed by atoms with Crippen molar-refractivity contribution in [3.8, 4) is 23.7 Å². The molecule has 0 fully saturated rings. The van der Waals surface area contributed by atoms with E-state index in [1.165, 1.54) is 0 Å². The number of fused-ring (bicyclic) bond motifs is 1. The van der Waals surface area contributed by atoms with E-state index in [2.05, 4.69) is 41.9 Å². The molecule has 1 aliphatic rings. The summed E-state index contributed by atoms with van der Waals surface area (Å²) in [5, 5.41) is 9.89. The molecule has 0 radical (unpaired) electrons. The highest BCUT2D eigenvalue weighted by molar-refractivity contribution is 9.10. The van der Waals surface area contributed by atoms with Gasteiger partial charge in [0.2, 0.25) is 5.88 Å². The van der Waals surface area contributed by atoms with Gasteiger partial charge in [-0.15, -0.1) is 0 Å². The van der Waals surface area contributed by atoms with Gasteiger partial charge >= 0.3 is 6.01 Å². The zero-order valence-corrected chi connectivity index (χ0v) is 18.0. The maximum atomic E-state index is 9.22. The SMILES string of the molecule is CCc1[nH]c2nc(OC3=CC=CC=CN=C3)nc(Oc3cc(N)cc(C#N)c3)c2c1Br. The lowest BCUT2D eigenvalue weighted by Crippen LogP contribution is -2.02. The van der Waals surface area contributed by atoms with Gasteiger partial charge in [-0.3, -0.25) is 4.99 Å². The van der Waals surface area contributed by atoms with Crippen molar-refractivity contribution in [2.24, 2.45) is 4.99 Å². The molecule has 8 nitrogen and oxygen atoms in total. The van der Waals surface area contributed by atoms with Gasteiger partial charge in [-0.05, 0) is 46.6 Å². The lowest BCUT2D eigenvalue weighted by Gasteiger charge is -2.10. The fourth-order valence-electron chi connectivity index (χ4n) is 2.92. The summed E-state index contributed by atoms with van der Waals surface area (Å²) in [6.45, 7) is 2.02.